The standard InChI is InChI=1S/C30H27N5O4S/c1-21(2)34-18-28(39-33-34)32-27(36)20-40-30-31-26(29(37)35(30)24-11-7-4-8-12-24)17-22-13-15-25(16-14-22)38-19-23-9-5-3-6-10-23/h3-18,21H,19-20H2,1-2H3/b26-17+. The van der Waals surface area contributed by atoms with E-state index in [0.29, 0.717) is 17.5 Å². The average Bonchev–Trinajstić information content (AvgIpc) is 3.57. The van der Waals surface area contributed by atoms with Crippen LogP contribution in [0.2, 0.25) is 0 Å². The molecule has 0 bridgehead atoms. The van der Waals surface area contributed by atoms with Crippen LogP contribution in [0.1, 0.15) is 31.0 Å². The minimum atomic E-state index is -0.427. The predicted octanol–water partition coefficient (Wildman–Crippen LogP) is 4.69. The number of para-hydroxylation sites is 1. The van der Waals surface area contributed by atoms with Crippen LogP contribution >= 0.6 is 11.8 Å². The Kier molecular flexibility index (Phi) is 8.36. The molecular formula is C30H27N5O4S. The van der Waals surface area contributed by atoms with Crippen molar-refractivity contribution in [2.24, 2.45) is 9.98 Å². The molecule has 0 aliphatic carbocycles. The third kappa shape index (κ3) is 6.65. The van der Waals surface area contributed by atoms with Crippen LogP contribution in [0.15, 0.2) is 111 Å². The van der Waals surface area contributed by atoms with E-state index in [4.69, 9.17) is 9.26 Å². The molecule has 0 unspecified atom stereocenters. The maximum atomic E-state index is 13.4. The number of carbonyl (C=O) groups is 1. The van der Waals surface area contributed by atoms with Crippen molar-refractivity contribution in [2.75, 3.05) is 10.7 Å². The van der Waals surface area contributed by atoms with Gasteiger partial charge in [0, 0.05) is 5.75 Å². The van der Waals surface area contributed by atoms with E-state index < -0.39 is 5.90 Å². The lowest BCUT2D eigenvalue weighted by Gasteiger charge is -2.18. The highest BCUT2D eigenvalue weighted by atomic mass is 32.2. The maximum absolute atomic E-state index is 13.4. The molecule has 1 aromatic heterocycles. The summed E-state index contributed by atoms with van der Waals surface area (Å²) < 4.78 is 12.5. The Morgan fingerprint density at radius 2 is 1.77 bits per heavy atom. The average molecular weight is 554 g/mol. The number of benzene rings is 3. The normalized spacial score (nSPS) is 14.7. The summed E-state index contributed by atoms with van der Waals surface area (Å²) in [5, 5.41) is 16.8. The largest absolute Gasteiger partial charge is 0.861 e. The molecule has 0 N–H and O–H groups in total. The molecule has 9 nitrogen and oxygen atoms in total. The first-order valence-corrected chi connectivity index (χ1v) is 13.7. The van der Waals surface area contributed by atoms with Crippen molar-refractivity contribution in [1.29, 1.82) is 0 Å². The van der Waals surface area contributed by atoms with Gasteiger partial charge >= 0.3 is 5.88 Å². The smallest absolute Gasteiger partial charge is 0.320 e. The predicted molar refractivity (Wildman–Crippen MR) is 153 cm³/mol. The second-order valence-corrected chi connectivity index (χ2v) is 10.1. The zero-order chi connectivity index (χ0) is 27.9. The number of amidine groups is 1. The van der Waals surface area contributed by atoms with Crippen molar-refractivity contribution in [1.82, 2.24) is 5.27 Å². The number of aromatic nitrogens is 2. The molecule has 3 aromatic carbocycles. The fourth-order valence-electron chi connectivity index (χ4n) is 3.78. The van der Waals surface area contributed by atoms with Gasteiger partial charge < -0.3 is 9.84 Å². The van der Waals surface area contributed by atoms with E-state index in [-0.39, 0.29) is 29.3 Å². The SMILES string of the molecule is CC(C)[n+]1cc(/N=C(\[O-])CSC2=N/C(=C/c3ccc(OCc4ccccc4)cc3)C(=O)N2c2ccccc2)on1. The first kappa shape index (κ1) is 26.9. The summed E-state index contributed by atoms with van der Waals surface area (Å²) in [4.78, 5) is 23.5. The van der Waals surface area contributed by atoms with Gasteiger partial charge in [0.05, 0.1) is 5.69 Å². The summed E-state index contributed by atoms with van der Waals surface area (Å²) in [5.74, 6) is 0.112. The third-order valence-corrected chi connectivity index (χ3v) is 6.76. The minimum Gasteiger partial charge on any atom is -0.861 e. The summed E-state index contributed by atoms with van der Waals surface area (Å²) in [6.07, 6.45) is 3.29. The molecule has 0 saturated heterocycles. The van der Waals surface area contributed by atoms with Crippen molar-refractivity contribution in [3.8, 4) is 5.75 Å². The highest BCUT2D eigenvalue weighted by molar-refractivity contribution is 8.14. The highest BCUT2D eigenvalue weighted by Gasteiger charge is 2.31. The Bertz CT molecular complexity index is 1550. The lowest BCUT2D eigenvalue weighted by atomic mass is 10.2. The van der Waals surface area contributed by atoms with Crippen LogP contribution in [-0.2, 0) is 11.4 Å². The summed E-state index contributed by atoms with van der Waals surface area (Å²) in [7, 11) is 0. The fourth-order valence-corrected chi connectivity index (χ4v) is 4.58. The first-order chi connectivity index (χ1) is 19.5. The van der Waals surface area contributed by atoms with Gasteiger partial charge in [-0.05, 0) is 65.9 Å². The van der Waals surface area contributed by atoms with Crippen molar-refractivity contribution >= 4 is 46.4 Å². The molecule has 4 aromatic rings. The number of nitrogens with zero attached hydrogens (tertiary/aromatic N) is 5. The maximum Gasteiger partial charge on any atom is 0.320 e. The number of thioether (sulfide) groups is 1. The van der Waals surface area contributed by atoms with E-state index in [0.717, 1.165) is 28.6 Å². The summed E-state index contributed by atoms with van der Waals surface area (Å²) in [6.45, 7) is 4.35. The second-order valence-electron chi connectivity index (χ2n) is 9.15. The van der Waals surface area contributed by atoms with E-state index in [1.165, 1.54) is 4.90 Å². The fraction of sp³-hybridized carbons (Fsp3) is 0.167. The number of carbonyl (C=O) groups excluding carboxylic acids is 1. The molecule has 1 aliphatic rings. The number of hydrogen-bond donors (Lipinski definition) is 0. The van der Waals surface area contributed by atoms with Gasteiger partial charge in [-0.3, -0.25) is 14.2 Å². The minimum absolute atomic E-state index is 0.0292. The summed E-state index contributed by atoms with van der Waals surface area (Å²) >= 11 is 1.13. The van der Waals surface area contributed by atoms with Gasteiger partial charge in [0.2, 0.25) is 5.27 Å². The molecule has 5 rings (SSSR count). The molecule has 0 atom stereocenters. The number of ether oxygens (including phenoxy) is 1. The molecule has 0 spiro atoms. The van der Waals surface area contributed by atoms with Crippen molar-refractivity contribution < 1.29 is 23.8 Å². The molecule has 202 valence electrons. The van der Waals surface area contributed by atoms with Crippen LogP contribution in [-0.4, -0.2) is 28.0 Å². The van der Waals surface area contributed by atoms with Gasteiger partial charge in [-0.15, -0.1) is 0 Å². The van der Waals surface area contributed by atoms with Crippen LogP contribution in [0.25, 0.3) is 6.08 Å². The quantitative estimate of drug-likeness (QED) is 0.129. The van der Waals surface area contributed by atoms with Crippen LogP contribution in [0.4, 0.5) is 11.6 Å². The molecule has 1 aliphatic heterocycles. The second kappa shape index (κ2) is 12.4. The van der Waals surface area contributed by atoms with Gasteiger partial charge in [0.1, 0.15) is 18.1 Å². The zero-order valence-corrected chi connectivity index (χ0v) is 22.8. The van der Waals surface area contributed by atoms with E-state index >= 15 is 0 Å². The Labute approximate surface area is 236 Å². The summed E-state index contributed by atoms with van der Waals surface area (Å²) in [5.41, 5.74) is 2.80. The van der Waals surface area contributed by atoms with E-state index in [2.05, 4.69) is 15.3 Å². The zero-order valence-electron chi connectivity index (χ0n) is 22.0. The van der Waals surface area contributed by atoms with Crippen LogP contribution < -0.4 is 19.4 Å². The van der Waals surface area contributed by atoms with Gasteiger partial charge in [-0.25, -0.2) is 9.98 Å². The topological polar surface area (TPSA) is 107 Å². The monoisotopic (exact) mass is 553 g/mol. The van der Waals surface area contributed by atoms with Crippen molar-refractivity contribution in [2.45, 2.75) is 26.5 Å². The Morgan fingerprint density at radius 1 is 1.07 bits per heavy atom. The van der Waals surface area contributed by atoms with E-state index in [1.807, 2.05) is 98.8 Å². The van der Waals surface area contributed by atoms with Crippen LogP contribution in [0, 0.1) is 0 Å². The van der Waals surface area contributed by atoms with Crippen LogP contribution in [0.5, 0.6) is 5.75 Å². The number of hydrogen-bond acceptors (Lipinski definition) is 8. The summed E-state index contributed by atoms with van der Waals surface area (Å²) in [6, 6.07) is 26.7. The van der Waals surface area contributed by atoms with Gasteiger partial charge in [-0.2, -0.15) is 0 Å². The van der Waals surface area contributed by atoms with Crippen molar-refractivity contribution in [3.05, 3.63) is 108 Å². The van der Waals surface area contributed by atoms with Gasteiger partial charge in [0.15, 0.2) is 11.2 Å². The lowest BCUT2D eigenvalue weighted by Crippen LogP contribution is -2.36. The number of rotatable bonds is 9. The van der Waals surface area contributed by atoms with Gasteiger partial charge in [-0.1, -0.05) is 72.4 Å². The Morgan fingerprint density at radius 3 is 2.45 bits per heavy atom. The molecular weight excluding hydrogens is 526 g/mol. The van der Waals surface area contributed by atoms with Crippen molar-refractivity contribution in [3.63, 3.8) is 0 Å². The van der Waals surface area contributed by atoms with Gasteiger partial charge in [0.25, 0.3) is 12.1 Å². The number of aliphatic imine (C=N–C) groups is 2. The molecule has 0 saturated carbocycles. The molecule has 2 heterocycles. The number of amides is 1. The molecule has 40 heavy (non-hydrogen) atoms. The first-order valence-electron chi connectivity index (χ1n) is 12.7. The molecule has 1 amide bonds. The molecule has 10 heteroatoms. The lowest BCUT2D eigenvalue weighted by molar-refractivity contribution is -0.779. The van der Waals surface area contributed by atoms with Crippen LogP contribution in [0.3, 0.4) is 0 Å². The number of anilines is 1. The van der Waals surface area contributed by atoms with E-state index in [1.54, 1.807) is 17.0 Å². The van der Waals surface area contributed by atoms with E-state index in [9.17, 15) is 9.90 Å². The third-order valence-electron chi connectivity index (χ3n) is 5.84. The molecule has 0 radical (unpaired) electrons. The molecule has 0 fully saturated rings. The Hall–Kier alpha value is -4.70. The highest BCUT2D eigenvalue weighted by Crippen LogP contribution is 2.29. The Balaban J connectivity index is 1.31.